The van der Waals surface area contributed by atoms with E-state index in [4.69, 9.17) is 0 Å². The van der Waals surface area contributed by atoms with Gasteiger partial charge in [0.1, 0.15) is 0 Å². The highest BCUT2D eigenvalue weighted by atomic mass is 32.1. The maximum Gasteiger partial charge on any atom is -0.00172 e. The first kappa shape index (κ1) is 13.3. The third-order valence-corrected chi connectivity index (χ3v) is 3.94. The minimum atomic E-state index is 0.673. The van der Waals surface area contributed by atoms with Crippen LogP contribution in [0.15, 0.2) is 41.1 Å². The minimum absolute atomic E-state index is 0.673. The van der Waals surface area contributed by atoms with E-state index in [9.17, 15) is 0 Å². The molecule has 2 aromatic rings. The Balaban J connectivity index is 2.01. The minimum Gasteiger partial charge on any atom is -0.319 e. The summed E-state index contributed by atoms with van der Waals surface area (Å²) in [4.78, 5) is 0. The van der Waals surface area contributed by atoms with Crippen LogP contribution >= 0.6 is 11.3 Å². The van der Waals surface area contributed by atoms with E-state index in [-0.39, 0.29) is 0 Å². The van der Waals surface area contributed by atoms with Crippen molar-refractivity contribution in [3.8, 4) is 0 Å². The van der Waals surface area contributed by atoms with E-state index in [1.165, 1.54) is 16.7 Å². The fourth-order valence-electron chi connectivity index (χ4n) is 2.42. The van der Waals surface area contributed by atoms with E-state index < -0.39 is 0 Å². The number of thiophene rings is 1. The smallest absolute Gasteiger partial charge is 0.00172 e. The van der Waals surface area contributed by atoms with E-state index in [2.05, 4.69) is 53.3 Å². The fraction of sp³-hybridized carbons (Fsp3) is 0.375. The zero-order chi connectivity index (χ0) is 12.8. The summed E-state index contributed by atoms with van der Waals surface area (Å²) in [6.45, 7) is 3.24. The van der Waals surface area contributed by atoms with Gasteiger partial charge in [0.25, 0.3) is 0 Å². The predicted octanol–water partition coefficient (Wildman–Crippen LogP) is 3.68. The maximum absolute atomic E-state index is 3.32. The van der Waals surface area contributed by atoms with Crippen LogP contribution in [0, 0.1) is 12.8 Å². The SMILES string of the molecule is CNCC(Cc1ccsc1)Cc1cccc(C)c1. The Kier molecular flexibility index (Phi) is 4.97. The van der Waals surface area contributed by atoms with Crippen LogP contribution in [0.2, 0.25) is 0 Å². The lowest BCUT2D eigenvalue weighted by molar-refractivity contribution is 0.494. The van der Waals surface area contributed by atoms with Crippen LogP contribution in [0.1, 0.15) is 16.7 Å². The molecule has 1 N–H and O–H groups in total. The van der Waals surface area contributed by atoms with Gasteiger partial charge in [-0.05, 0) is 67.2 Å². The van der Waals surface area contributed by atoms with Crippen molar-refractivity contribution >= 4 is 11.3 Å². The summed E-state index contributed by atoms with van der Waals surface area (Å²) in [6.07, 6.45) is 2.32. The summed E-state index contributed by atoms with van der Waals surface area (Å²) in [5.74, 6) is 0.673. The van der Waals surface area contributed by atoms with Crippen molar-refractivity contribution in [3.05, 3.63) is 57.8 Å². The number of aryl methyl sites for hydroxylation is 1. The van der Waals surface area contributed by atoms with Gasteiger partial charge in [-0.2, -0.15) is 11.3 Å². The zero-order valence-electron chi connectivity index (χ0n) is 11.1. The molecule has 0 aliphatic heterocycles. The lowest BCUT2D eigenvalue weighted by atomic mass is 9.93. The van der Waals surface area contributed by atoms with Crippen LogP contribution in [0.4, 0.5) is 0 Å². The first-order valence-electron chi connectivity index (χ1n) is 6.49. The molecular weight excluding hydrogens is 238 g/mol. The van der Waals surface area contributed by atoms with Gasteiger partial charge in [-0.3, -0.25) is 0 Å². The van der Waals surface area contributed by atoms with Gasteiger partial charge in [0, 0.05) is 0 Å². The van der Waals surface area contributed by atoms with E-state index in [0.717, 1.165) is 19.4 Å². The number of rotatable bonds is 6. The van der Waals surface area contributed by atoms with E-state index in [1.54, 1.807) is 11.3 Å². The Morgan fingerprint density at radius 2 is 2.00 bits per heavy atom. The highest BCUT2D eigenvalue weighted by Crippen LogP contribution is 2.17. The molecule has 1 unspecified atom stereocenters. The summed E-state index contributed by atoms with van der Waals surface area (Å²) >= 11 is 1.79. The molecule has 96 valence electrons. The Hall–Kier alpha value is -1.12. The Labute approximate surface area is 114 Å². The highest BCUT2D eigenvalue weighted by Gasteiger charge is 2.10. The normalized spacial score (nSPS) is 12.6. The Morgan fingerprint density at radius 1 is 1.17 bits per heavy atom. The summed E-state index contributed by atoms with van der Waals surface area (Å²) in [5.41, 5.74) is 4.27. The van der Waals surface area contributed by atoms with Gasteiger partial charge in [0.2, 0.25) is 0 Å². The van der Waals surface area contributed by atoms with Gasteiger partial charge in [-0.1, -0.05) is 29.8 Å². The molecule has 18 heavy (non-hydrogen) atoms. The molecule has 0 saturated carbocycles. The third-order valence-electron chi connectivity index (χ3n) is 3.20. The van der Waals surface area contributed by atoms with Crippen LogP contribution in [-0.4, -0.2) is 13.6 Å². The second-order valence-corrected chi connectivity index (χ2v) is 5.73. The topological polar surface area (TPSA) is 12.0 Å². The third kappa shape index (κ3) is 3.97. The molecule has 2 heteroatoms. The fourth-order valence-corrected chi connectivity index (χ4v) is 3.10. The van der Waals surface area contributed by atoms with Gasteiger partial charge < -0.3 is 5.32 Å². The first-order chi connectivity index (χ1) is 8.78. The standard InChI is InChI=1S/C16H21NS/c1-13-4-3-5-14(8-13)9-16(11-17-2)10-15-6-7-18-12-15/h3-8,12,16-17H,9-11H2,1-2H3. The molecule has 0 aliphatic carbocycles. The molecule has 0 bridgehead atoms. The molecule has 0 amide bonds. The molecule has 0 aliphatic rings. The van der Waals surface area contributed by atoms with Gasteiger partial charge in [-0.15, -0.1) is 0 Å². The van der Waals surface area contributed by atoms with Gasteiger partial charge in [0.05, 0.1) is 0 Å². The molecule has 1 atom stereocenters. The summed E-state index contributed by atoms with van der Waals surface area (Å²) in [7, 11) is 2.04. The molecule has 1 aromatic carbocycles. The molecule has 0 fully saturated rings. The lowest BCUT2D eigenvalue weighted by Gasteiger charge is -2.16. The summed E-state index contributed by atoms with van der Waals surface area (Å²) < 4.78 is 0. The van der Waals surface area contributed by atoms with E-state index in [0.29, 0.717) is 5.92 Å². The zero-order valence-corrected chi connectivity index (χ0v) is 12.0. The average Bonchev–Trinajstić information content (AvgIpc) is 2.82. The second-order valence-electron chi connectivity index (χ2n) is 4.95. The molecular formula is C16H21NS. The molecule has 2 rings (SSSR count). The Morgan fingerprint density at radius 3 is 2.67 bits per heavy atom. The molecule has 1 heterocycles. The Bertz CT molecular complexity index is 462. The van der Waals surface area contributed by atoms with Crippen molar-refractivity contribution in [2.24, 2.45) is 5.92 Å². The van der Waals surface area contributed by atoms with Crippen LogP contribution in [0.5, 0.6) is 0 Å². The number of nitrogens with one attached hydrogen (secondary N) is 1. The maximum atomic E-state index is 3.32. The van der Waals surface area contributed by atoms with Crippen LogP contribution in [-0.2, 0) is 12.8 Å². The lowest BCUT2D eigenvalue weighted by Crippen LogP contribution is -2.22. The van der Waals surface area contributed by atoms with Gasteiger partial charge in [-0.25, -0.2) is 0 Å². The molecule has 0 spiro atoms. The highest BCUT2D eigenvalue weighted by molar-refractivity contribution is 7.07. The van der Waals surface area contributed by atoms with Crippen molar-refractivity contribution in [2.75, 3.05) is 13.6 Å². The van der Waals surface area contributed by atoms with Crippen LogP contribution in [0.25, 0.3) is 0 Å². The van der Waals surface area contributed by atoms with Crippen molar-refractivity contribution in [1.29, 1.82) is 0 Å². The van der Waals surface area contributed by atoms with Crippen molar-refractivity contribution in [1.82, 2.24) is 5.32 Å². The van der Waals surface area contributed by atoms with E-state index in [1.807, 2.05) is 7.05 Å². The average molecular weight is 259 g/mol. The van der Waals surface area contributed by atoms with E-state index >= 15 is 0 Å². The van der Waals surface area contributed by atoms with Gasteiger partial charge >= 0.3 is 0 Å². The second kappa shape index (κ2) is 6.72. The summed E-state index contributed by atoms with van der Waals surface area (Å²) in [6, 6.07) is 11.1. The molecule has 0 radical (unpaired) electrons. The van der Waals surface area contributed by atoms with Crippen molar-refractivity contribution in [2.45, 2.75) is 19.8 Å². The molecule has 0 saturated heterocycles. The monoisotopic (exact) mass is 259 g/mol. The quantitative estimate of drug-likeness (QED) is 0.834. The molecule has 1 nitrogen and oxygen atoms in total. The van der Waals surface area contributed by atoms with Crippen LogP contribution in [0.3, 0.4) is 0 Å². The number of hydrogen-bond donors (Lipinski definition) is 1. The largest absolute Gasteiger partial charge is 0.319 e. The van der Waals surface area contributed by atoms with Crippen molar-refractivity contribution < 1.29 is 0 Å². The predicted molar refractivity (Wildman–Crippen MR) is 80.3 cm³/mol. The number of benzene rings is 1. The van der Waals surface area contributed by atoms with Gasteiger partial charge in [0.15, 0.2) is 0 Å². The van der Waals surface area contributed by atoms with Crippen molar-refractivity contribution in [3.63, 3.8) is 0 Å². The van der Waals surface area contributed by atoms with Crippen LogP contribution < -0.4 is 5.32 Å². The first-order valence-corrected chi connectivity index (χ1v) is 7.43. The number of hydrogen-bond acceptors (Lipinski definition) is 2. The summed E-state index contributed by atoms with van der Waals surface area (Å²) in [5, 5.41) is 7.75. The molecule has 1 aromatic heterocycles.